The van der Waals surface area contributed by atoms with Gasteiger partial charge in [0.1, 0.15) is 0 Å². The maximum Gasteiger partial charge on any atom is 0.416 e. The Kier molecular flexibility index (Phi) is 4.00. The highest BCUT2D eigenvalue weighted by Gasteiger charge is 2.31. The van der Waals surface area contributed by atoms with Crippen LogP contribution in [0.25, 0.3) is 0 Å². The molecule has 1 aromatic carbocycles. The average Bonchev–Trinajstić information content (AvgIpc) is 2.11. The van der Waals surface area contributed by atoms with E-state index in [9.17, 15) is 13.2 Å². The van der Waals surface area contributed by atoms with E-state index in [-0.39, 0.29) is 6.42 Å². The van der Waals surface area contributed by atoms with Crippen molar-refractivity contribution >= 4 is 38.5 Å². The van der Waals surface area contributed by atoms with Crippen molar-refractivity contribution in [3.05, 3.63) is 31.3 Å². The highest BCUT2D eigenvalue weighted by Crippen LogP contribution is 2.34. The fraction of sp³-hybridized carbons (Fsp3) is 0.222. The van der Waals surface area contributed by atoms with Gasteiger partial charge in [-0.3, -0.25) is 0 Å². The van der Waals surface area contributed by atoms with Crippen molar-refractivity contribution in [3.8, 4) is 6.07 Å². The first kappa shape index (κ1) is 12.8. The van der Waals surface area contributed by atoms with E-state index in [0.29, 0.717) is 13.6 Å². The monoisotopic (exact) mass is 389 g/mol. The van der Waals surface area contributed by atoms with E-state index < -0.39 is 11.7 Å². The number of nitrogens with zero attached hydrogens (tertiary/aromatic N) is 1. The minimum Gasteiger partial charge on any atom is -0.198 e. The second-order valence-corrected chi connectivity index (χ2v) is 4.70. The first-order chi connectivity index (χ1) is 6.86. The molecule has 6 heteroatoms. The zero-order chi connectivity index (χ0) is 11.6. The molecule has 0 saturated heterocycles. The molecule has 0 saturated carbocycles. The molecule has 0 radical (unpaired) electrons. The van der Waals surface area contributed by atoms with Crippen LogP contribution < -0.4 is 0 Å². The lowest BCUT2D eigenvalue weighted by atomic mass is 10.1. The number of hydrogen-bond donors (Lipinski definition) is 0. The predicted molar refractivity (Wildman–Crippen MR) is 61.2 cm³/mol. The molecule has 0 aliphatic rings. The van der Waals surface area contributed by atoms with Gasteiger partial charge in [0, 0.05) is 8.04 Å². The molecule has 0 N–H and O–H groups in total. The van der Waals surface area contributed by atoms with Crippen molar-refractivity contribution in [1.82, 2.24) is 0 Å². The maximum absolute atomic E-state index is 12.4. The summed E-state index contributed by atoms with van der Waals surface area (Å²) in [5.41, 5.74) is -0.347. The van der Waals surface area contributed by atoms with Crippen molar-refractivity contribution < 1.29 is 13.2 Å². The van der Waals surface area contributed by atoms with E-state index in [1.165, 1.54) is 0 Å². The predicted octanol–water partition coefficient (Wildman–Crippen LogP) is 4.14. The third-order valence-corrected chi connectivity index (χ3v) is 4.34. The molecule has 1 rings (SSSR count). The van der Waals surface area contributed by atoms with Crippen LogP contribution in [0.4, 0.5) is 13.2 Å². The second kappa shape index (κ2) is 4.70. The number of alkyl halides is 3. The normalized spacial score (nSPS) is 11.2. The zero-order valence-corrected chi connectivity index (χ0v) is 10.9. The first-order valence-electron chi connectivity index (χ1n) is 3.78. The first-order valence-corrected chi connectivity index (χ1v) is 5.65. The van der Waals surface area contributed by atoms with Crippen molar-refractivity contribution in [2.24, 2.45) is 0 Å². The van der Waals surface area contributed by atoms with E-state index in [1.54, 1.807) is 0 Å². The highest BCUT2D eigenvalue weighted by molar-refractivity contribution is 14.1. The van der Waals surface area contributed by atoms with E-state index in [0.717, 1.165) is 12.1 Å². The van der Waals surface area contributed by atoms with E-state index in [4.69, 9.17) is 5.26 Å². The Labute approximate surface area is 107 Å². The van der Waals surface area contributed by atoms with Crippen LogP contribution in [0.15, 0.2) is 16.6 Å². The summed E-state index contributed by atoms with van der Waals surface area (Å²) >= 11 is 4.95. The lowest BCUT2D eigenvalue weighted by Gasteiger charge is -2.10. The molecule has 0 amide bonds. The summed E-state index contributed by atoms with van der Waals surface area (Å²) in [7, 11) is 0. The molecule has 0 spiro atoms. The van der Waals surface area contributed by atoms with Gasteiger partial charge in [-0.1, -0.05) is 0 Å². The van der Waals surface area contributed by atoms with Crippen LogP contribution in [0.3, 0.4) is 0 Å². The molecule has 1 nitrogen and oxygen atoms in total. The van der Waals surface area contributed by atoms with Gasteiger partial charge in [-0.25, -0.2) is 0 Å². The third kappa shape index (κ3) is 3.08. The average molecular weight is 390 g/mol. The van der Waals surface area contributed by atoms with Crippen LogP contribution in [0.1, 0.15) is 11.1 Å². The van der Waals surface area contributed by atoms with Crippen LogP contribution in [0.5, 0.6) is 0 Å². The summed E-state index contributed by atoms with van der Waals surface area (Å²) in [6.07, 6.45) is -4.40. The standard InChI is InChI=1S/C9H4BrF3IN/c10-7-4-6(9(11,12)13)3-5(1-2-15)8(7)14/h3-4H,1H2. The fourth-order valence-corrected chi connectivity index (χ4v) is 2.03. The van der Waals surface area contributed by atoms with E-state index in [2.05, 4.69) is 15.9 Å². The summed E-state index contributed by atoms with van der Waals surface area (Å²) in [6, 6.07) is 3.86. The Bertz CT molecular complexity index is 423. The van der Waals surface area contributed by atoms with Gasteiger partial charge in [-0.15, -0.1) is 0 Å². The van der Waals surface area contributed by atoms with E-state index >= 15 is 0 Å². The van der Waals surface area contributed by atoms with Crippen molar-refractivity contribution in [1.29, 1.82) is 5.26 Å². The fourth-order valence-electron chi connectivity index (χ4n) is 1.02. The smallest absolute Gasteiger partial charge is 0.198 e. The third-order valence-electron chi connectivity index (χ3n) is 1.70. The SMILES string of the molecule is N#CCc1cc(C(F)(F)F)cc(Br)c1I. The van der Waals surface area contributed by atoms with Gasteiger partial charge < -0.3 is 0 Å². The van der Waals surface area contributed by atoms with Gasteiger partial charge in [-0.2, -0.15) is 18.4 Å². The molecule has 0 unspecified atom stereocenters. The second-order valence-electron chi connectivity index (χ2n) is 2.76. The highest BCUT2D eigenvalue weighted by atomic mass is 127. The number of halogens is 5. The van der Waals surface area contributed by atoms with Crippen molar-refractivity contribution in [2.45, 2.75) is 12.6 Å². The molecule has 15 heavy (non-hydrogen) atoms. The lowest BCUT2D eigenvalue weighted by molar-refractivity contribution is -0.137. The Morgan fingerprint density at radius 2 is 2.00 bits per heavy atom. The van der Waals surface area contributed by atoms with Gasteiger partial charge in [0.05, 0.1) is 18.1 Å². The topological polar surface area (TPSA) is 23.8 Å². The van der Waals surface area contributed by atoms with Crippen LogP contribution in [-0.2, 0) is 12.6 Å². The summed E-state index contributed by atoms with van der Waals surface area (Å²) in [5.74, 6) is 0. The molecule has 80 valence electrons. The van der Waals surface area contributed by atoms with Gasteiger partial charge >= 0.3 is 6.18 Å². The van der Waals surface area contributed by atoms with E-state index in [1.807, 2.05) is 28.7 Å². The van der Waals surface area contributed by atoms with Crippen LogP contribution in [0, 0.1) is 14.9 Å². The van der Waals surface area contributed by atoms with Gasteiger partial charge in [0.2, 0.25) is 0 Å². The Hall–Kier alpha value is -0.290. The minimum atomic E-state index is -4.38. The lowest BCUT2D eigenvalue weighted by Crippen LogP contribution is -2.06. The zero-order valence-electron chi connectivity index (χ0n) is 7.20. The van der Waals surface area contributed by atoms with Crippen molar-refractivity contribution in [3.63, 3.8) is 0 Å². The molecular weight excluding hydrogens is 386 g/mol. The summed E-state index contributed by atoms with van der Waals surface area (Å²) in [5, 5.41) is 8.48. The summed E-state index contributed by atoms with van der Waals surface area (Å²) in [6.45, 7) is 0. The molecule has 0 atom stereocenters. The van der Waals surface area contributed by atoms with Crippen LogP contribution in [-0.4, -0.2) is 0 Å². The number of benzene rings is 1. The van der Waals surface area contributed by atoms with Crippen molar-refractivity contribution in [2.75, 3.05) is 0 Å². The van der Waals surface area contributed by atoms with Gasteiger partial charge in [0.25, 0.3) is 0 Å². The molecule has 0 bridgehead atoms. The molecule has 0 aliphatic heterocycles. The van der Waals surface area contributed by atoms with Gasteiger partial charge in [0.15, 0.2) is 0 Å². The molecular formula is C9H4BrF3IN. The molecule has 0 heterocycles. The number of hydrogen-bond acceptors (Lipinski definition) is 1. The molecule has 0 aliphatic carbocycles. The summed E-state index contributed by atoms with van der Waals surface area (Å²) in [4.78, 5) is 0. The van der Waals surface area contributed by atoms with Crippen LogP contribution >= 0.6 is 38.5 Å². The summed E-state index contributed by atoms with van der Waals surface area (Å²) < 4.78 is 38.2. The Balaban J connectivity index is 3.31. The minimum absolute atomic E-state index is 0.0270. The Morgan fingerprint density at radius 1 is 1.40 bits per heavy atom. The quantitative estimate of drug-likeness (QED) is 0.662. The Morgan fingerprint density at radius 3 is 2.47 bits per heavy atom. The van der Waals surface area contributed by atoms with Crippen LogP contribution in [0.2, 0.25) is 0 Å². The largest absolute Gasteiger partial charge is 0.416 e. The number of nitriles is 1. The number of rotatable bonds is 1. The molecule has 0 fully saturated rings. The maximum atomic E-state index is 12.4. The molecule has 1 aromatic rings. The van der Waals surface area contributed by atoms with Gasteiger partial charge in [-0.05, 0) is 56.2 Å². The molecule has 0 aromatic heterocycles.